The molecule has 3 nitrogen and oxygen atoms in total. The Balaban J connectivity index is 1.58. The van der Waals surface area contributed by atoms with Gasteiger partial charge in [-0.2, -0.15) is 0 Å². The second-order valence-electron chi connectivity index (χ2n) is 4.65. The summed E-state index contributed by atoms with van der Waals surface area (Å²) in [5, 5.41) is 5.44. The van der Waals surface area contributed by atoms with E-state index in [0.717, 1.165) is 30.3 Å². The second-order valence-corrected chi connectivity index (χ2v) is 5.36. The molecule has 0 saturated carbocycles. The highest BCUT2D eigenvalue weighted by atomic mass is 32.1. The minimum Gasteiger partial charge on any atom is -0.457 e. The summed E-state index contributed by atoms with van der Waals surface area (Å²) in [5.41, 5.74) is 4.13. The zero-order chi connectivity index (χ0) is 14.3. The predicted molar refractivity (Wildman–Crippen MR) is 85.6 cm³/mol. The first kappa shape index (κ1) is 13.8. The van der Waals surface area contributed by atoms with Crippen molar-refractivity contribution in [3.63, 3.8) is 0 Å². The van der Waals surface area contributed by atoms with Crippen molar-refractivity contribution in [3.8, 4) is 11.5 Å². The Morgan fingerprint density at radius 2 is 1.81 bits per heavy atom. The Kier molecular flexibility index (Phi) is 4.61. The molecular formula is C17H16N2OS. The Labute approximate surface area is 128 Å². The van der Waals surface area contributed by atoms with Gasteiger partial charge in [0.2, 0.25) is 0 Å². The summed E-state index contributed by atoms with van der Waals surface area (Å²) in [4.78, 5) is 4.25. The molecule has 3 rings (SSSR count). The van der Waals surface area contributed by atoms with Gasteiger partial charge in [0.1, 0.15) is 11.5 Å². The lowest BCUT2D eigenvalue weighted by Gasteiger charge is -2.08. The Hall–Kier alpha value is -2.17. The monoisotopic (exact) mass is 296 g/mol. The molecule has 0 unspecified atom stereocenters. The standard InChI is InChI=1S/C17H16N2OS/c1-2-6-16(7-3-1)20-17-8-4-5-14(9-17)10-18-11-15-12-21-13-19-15/h1-9,12-13,18H,10-11H2. The van der Waals surface area contributed by atoms with E-state index in [2.05, 4.69) is 27.8 Å². The lowest BCUT2D eigenvalue weighted by Crippen LogP contribution is -2.12. The molecule has 2 aromatic carbocycles. The molecule has 4 heteroatoms. The zero-order valence-electron chi connectivity index (χ0n) is 11.5. The number of hydrogen-bond donors (Lipinski definition) is 1. The van der Waals surface area contributed by atoms with Crippen LogP contribution in [-0.4, -0.2) is 4.98 Å². The largest absolute Gasteiger partial charge is 0.457 e. The number of rotatable bonds is 6. The van der Waals surface area contributed by atoms with Gasteiger partial charge in [0.05, 0.1) is 11.2 Å². The van der Waals surface area contributed by atoms with E-state index in [9.17, 15) is 0 Å². The first-order valence-electron chi connectivity index (χ1n) is 6.80. The van der Waals surface area contributed by atoms with Gasteiger partial charge in [-0.15, -0.1) is 11.3 Å². The summed E-state index contributed by atoms with van der Waals surface area (Å²) < 4.78 is 5.83. The molecule has 0 fully saturated rings. The number of para-hydroxylation sites is 1. The van der Waals surface area contributed by atoms with Crippen LogP contribution in [0.15, 0.2) is 65.5 Å². The highest BCUT2D eigenvalue weighted by Gasteiger charge is 2.00. The number of nitrogens with one attached hydrogen (secondary N) is 1. The van der Waals surface area contributed by atoms with Gasteiger partial charge in [-0.3, -0.25) is 0 Å². The van der Waals surface area contributed by atoms with Gasteiger partial charge in [0.15, 0.2) is 0 Å². The molecule has 0 aliphatic heterocycles. The van der Waals surface area contributed by atoms with Crippen LogP contribution in [0.3, 0.4) is 0 Å². The summed E-state index contributed by atoms with van der Waals surface area (Å²) in [6.45, 7) is 1.58. The van der Waals surface area contributed by atoms with Crippen molar-refractivity contribution in [2.24, 2.45) is 0 Å². The minimum atomic E-state index is 0.785. The maximum absolute atomic E-state index is 5.83. The maximum Gasteiger partial charge on any atom is 0.127 e. The van der Waals surface area contributed by atoms with Crippen molar-refractivity contribution in [1.82, 2.24) is 10.3 Å². The Morgan fingerprint density at radius 3 is 2.62 bits per heavy atom. The van der Waals surface area contributed by atoms with Gasteiger partial charge in [-0.25, -0.2) is 4.98 Å². The van der Waals surface area contributed by atoms with E-state index < -0.39 is 0 Å². The molecule has 106 valence electrons. The Bertz CT molecular complexity index is 668. The Morgan fingerprint density at radius 1 is 0.952 bits per heavy atom. The average Bonchev–Trinajstić information content (AvgIpc) is 3.02. The van der Waals surface area contributed by atoms with Crippen LogP contribution >= 0.6 is 11.3 Å². The third-order valence-electron chi connectivity index (χ3n) is 3.00. The number of nitrogens with zero attached hydrogens (tertiary/aromatic N) is 1. The molecule has 21 heavy (non-hydrogen) atoms. The lowest BCUT2D eigenvalue weighted by molar-refractivity contribution is 0.481. The van der Waals surface area contributed by atoms with Crippen molar-refractivity contribution in [2.75, 3.05) is 0 Å². The third-order valence-corrected chi connectivity index (χ3v) is 3.63. The smallest absolute Gasteiger partial charge is 0.127 e. The van der Waals surface area contributed by atoms with Gasteiger partial charge in [-0.05, 0) is 29.8 Å². The highest BCUT2D eigenvalue weighted by molar-refractivity contribution is 7.07. The molecule has 0 aliphatic carbocycles. The topological polar surface area (TPSA) is 34.1 Å². The SMILES string of the molecule is c1ccc(Oc2cccc(CNCc3cscn3)c2)cc1. The molecular weight excluding hydrogens is 280 g/mol. The van der Waals surface area contributed by atoms with Crippen LogP contribution in [0.1, 0.15) is 11.3 Å². The summed E-state index contributed by atoms with van der Waals surface area (Å²) in [7, 11) is 0. The van der Waals surface area contributed by atoms with Crippen LogP contribution in [-0.2, 0) is 13.1 Å². The van der Waals surface area contributed by atoms with Crippen LogP contribution < -0.4 is 10.1 Å². The van der Waals surface area contributed by atoms with Crippen LogP contribution in [0.2, 0.25) is 0 Å². The van der Waals surface area contributed by atoms with E-state index in [-0.39, 0.29) is 0 Å². The first-order valence-corrected chi connectivity index (χ1v) is 7.74. The van der Waals surface area contributed by atoms with Crippen molar-refractivity contribution in [3.05, 3.63) is 76.7 Å². The van der Waals surface area contributed by atoms with Crippen LogP contribution in [0.25, 0.3) is 0 Å². The van der Waals surface area contributed by atoms with Gasteiger partial charge in [0, 0.05) is 18.5 Å². The van der Waals surface area contributed by atoms with E-state index in [1.165, 1.54) is 5.56 Å². The molecule has 0 amide bonds. The molecule has 1 heterocycles. The van der Waals surface area contributed by atoms with Gasteiger partial charge in [-0.1, -0.05) is 30.3 Å². The normalized spacial score (nSPS) is 10.5. The van der Waals surface area contributed by atoms with E-state index in [0.29, 0.717) is 0 Å². The summed E-state index contributed by atoms with van der Waals surface area (Å²) in [6.07, 6.45) is 0. The summed E-state index contributed by atoms with van der Waals surface area (Å²) >= 11 is 1.62. The van der Waals surface area contributed by atoms with E-state index in [1.54, 1.807) is 11.3 Å². The summed E-state index contributed by atoms with van der Waals surface area (Å²) in [6, 6.07) is 17.9. The predicted octanol–water partition coefficient (Wildman–Crippen LogP) is 4.23. The number of aromatic nitrogens is 1. The van der Waals surface area contributed by atoms with Crippen LogP contribution in [0.4, 0.5) is 0 Å². The van der Waals surface area contributed by atoms with E-state index >= 15 is 0 Å². The lowest BCUT2D eigenvalue weighted by atomic mass is 10.2. The van der Waals surface area contributed by atoms with Gasteiger partial charge < -0.3 is 10.1 Å². The molecule has 3 aromatic rings. The van der Waals surface area contributed by atoms with Crippen LogP contribution in [0.5, 0.6) is 11.5 Å². The van der Waals surface area contributed by atoms with Crippen molar-refractivity contribution in [1.29, 1.82) is 0 Å². The van der Waals surface area contributed by atoms with Crippen LogP contribution in [0, 0.1) is 0 Å². The fourth-order valence-electron chi connectivity index (χ4n) is 2.00. The van der Waals surface area contributed by atoms with Gasteiger partial charge >= 0.3 is 0 Å². The third kappa shape index (κ3) is 4.15. The second kappa shape index (κ2) is 7.02. The molecule has 0 saturated heterocycles. The number of benzene rings is 2. The quantitative estimate of drug-likeness (QED) is 0.739. The molecule has 0 radical (unpaired) electrons. The molecule has 0 bridgehead atoms. The van der Waals surface area contributed by atoms with E-state index in [1.807, 2.05) is 48.0 Å². The highest BCUT2D eigenvalue weighted by Crippen LogP contribution is 2.21. The van der Waals surface area contributed by atoms with E-state index in [4.69, 9.17) is 4.74 Å². The van der Waals surface area contributed by atoms with Crippen molar-refractivity contribution >= 4 is 11.3 Å². The maximum atomic E-state index is 5.83. The van der Waals surface area contributed by atoms with Crippen molar-refractivity contribution < 1.29 is 4.74 Å². The van der Waals surface area contributed by atoms with Crippen molar-refractivity contribution in [2.45, 2.75) is 13.1 Å². The fourth-order valence-corrected chi connectivity index (χ4v) is 2.56. The number of thiazole rings is 1. The molecule has 0 spiro atoms. The summed E-state index contributed by atoms with van der Waals surface area (Å²) in [5.74, 6) is 1.71. The molecule has 1 N–H and O–H groups in total. The number of hydrogen-bond acceptors (Lipinski definition) is 4. The molecule has 0 aliphatic rings. The average molecular weight is 296 g/mol. The van der Waals surface area contributed by atoms with Gasteiger partial charge in [0.25, 0.3) is 0 Å². The fraction of sp³-hybridized carbons (Fsp3) is 0.118. The first-order chi connectivity index (χ1) is 10.4. The molecule has 1 aromatic heterocycles. The zero-order valence-corrected chi connectivity index (χ0v) is 12.3. The minimum absolute atomic E-state index is 0.785. The molecule has 0 atom stereocenters. The number of ether oxygens (including phenoxy) is 1.